The number of aromatic amines is 1. The molecule has 22 heavy (non-hydrogen) atoms. The van der Waals surface area contributed by atoms with Gasteiger partial charge in [0.05, 0.1) is 15.7 Å². The van der Waals surface area contributed by atoms with E-state index >= 15 is 0 Å². The summed E-state index contributed by atoms with van der Waals surface area (Å²) in [5, 5.41) is 1.01. The lowest BCUT2D eigenvalue weighted by atomic mass is 10.0. The molecule has 0 amide bonds. The molecule has 114 valence electrons. The molecule has 2 aromatic heterocycles. The molecule has 0 aliphatic carbocycles. The van der Waals surface area contributed by atoms with Crippen LogP contribution in [0.2, 0.25) is 0 Å². The van der Waals surface area contributed by atoms with Crippen LogP contribution in [0.3, 0.4) is 0 Å². The zero-order valence-corrected chi connectivity index (χ0v) is 14.9. The van der Waals surface area contributed by atoms with Crippen molar-refractivity contribution in [3.05, 3.63) is 56.8 Å². The molecule has 0 aliphatic heterocycles. The van der Waals surface area contributed by atoms with Crippen molar-refractivity contribution in [2.45, 2.75) is 19.5 Å². The van der Waals surface area contributed by atoms with Gasteiger partial charge in [0.1, 0.15) is 12.6 Å². The highest BCUT2D eigenvalue weighted by atomic mass is 79.9. The second-order valence-electron chi connectivity index (χ2n) is 5.56. The monoisotopic (exact) mass is 377 g/mol. The topological polar surface area (TPSA) is 37.3 Å². The first-order valence-corrected chi connectivity index (χ1v) is 8.84. The third-order valence-electron chi connectivity index (χ3n) is 4.07. The zero-order chi connectivity index (χ0) is 15.7. The van der Waals surface area contributed by atoms with Crippen LogP contribution in [0.25, 0.3) is 10.9 Å². The van der Waals surface area contributed by atoms with Crippen LogP contribution in [0.1, 0.15) is 22.2 Å². The second kappa shape index (κ2) is 6.36. The number of carbonyl (C=O) groups is 1. The Hall–Kier alpha value is -1.43. The van der Waals surface area contributed by atoms with Gasteiger partial charge in [0.15, 0.2) is 0 Å². The van der Waals surface area contributed by atoms with E-state index in [2.05, 4.69) is 40.1 Å². The molecule has 1 aromatic carbocycles. The number of carbonyl (C=O) groups excluding carboxylic acids is 1. The predicted octanol–water partition coefficient (Wildman–Crippen LogP) is 3.28. The van der Waals surface area contributed by atoms with Gasteiger partial charge < -0.3 is 9.88 Å². The largest absolute Gasteiger partial charge is 0.360 e. The van der Waals surface area contributed by atoms with E-state index in [0.29, 0.717) is 0 Å². The SMILES string of the molecule is C[C@H](C(=O)c1c[nH]c2ccccc12)[NH+](C)Cc1ccc(Br)s1. The van der Waals surface area contributed by atoms with Crippen molar-refractivity contribution in [1.29, 1.82) is 0 Å². The summed E-state index contributed by atoms with van der Waals surface area (Å²) < 4.78 is 1.13. The summed E-state index contributed by atoms with van der Waals surface area (Å²) in [7, 11) is 2.07. The van der Waals surface area contributed by atoms with Crippen molar-refractivity contribution in [1.82, 2.24) is 4.98 Å². The van der Waals surface area contributed by atoms with Gasteiger partial charge >= 0.3 is 0 Å². The Morgan fingerprint density at radius 2 is 2.09 bits per heavy atom. The van der Waals surface area contributed by atoms with Crippen molar-refractivity contribution in [2.24, 2.45) is 0 Å². The van der Waals surface area contributed by atoms with Crippen LogP contribution in [0.4, 0.5) is 0 Å². The number of rotatable bonds is 5. The fourth-order valence-corrected chi connectivity index (χ4v) is 4.19. The van der Waals surface area contributed by atoms with Crippen LogP contribution in [-0.2, 0) is 6.54 Å². The molecule has 2 atom stereocenters. The summed E-state index contributed by atoms with van der Waals surface area (Å²) in [4.78, 5) is 18.5. The fourth-order valence-electron chi connectivity index (χ4n) is 2.61. The van der Waals surface area contributed by atoms with Crippen molar-refractivity contribution in [3.8, 4) is 0 Å². The minimum Gasteiger partial charge on any atom is -0.360 e. The number of nitrogens with one attached hydrogen (secondary N) is 2. The molecule has 2 N–H and O–H groups in total. The highest BCUT2D eigenvalue weighted by Gasteiger charge is 2.25. The van der Waals surface area contributed by atoms with Gasteiger partial charge in [-0.25, -0.2) is 0 Å². The molecule has 0 fully saturated rings. The Bertz CT molecular complexity index is 808. The van der Waals surface area contributed by atoms with Gasteiger partial charge in [0.2, 0.25) is 5.78 Å². The van der Waals surface area contributed by atoms with E-state index in [1.165, 1.54) is 9.78 Å². The maximum absolute atomic E-state index is 12.8. The van der Waals surface area contributed by atoms with Crippen LogP contribution in [0.15, 0.2) is 46.4 Å². The molecule has 0 aliphatic rings. The number of ketones is 1. The smallest absolute Gasteiger partial charge is 0.221 e. The van der Waals surface area contributed by atoms with Crippen LogP contribution < -0.4 is 4.90 Å². The average molecular weight is 378 g/mol. The molecule has 0 radical (unpaired) electrons. The number of thiophene rings is 1. The first-order chi connectivity index (χ1) is 10.6. The lowest BCUT2D eigenvalue weighted by Crippen LogP contribution is -3.12. The van der Waals surface area contributed by atoms with Gasteiger partial charge in [-0.15, -0.1) is 11.3 Å². The van der Waals surface area contributed by atoms with Gasteiger partial charge in [0, 0.05) is 22.7 Å². The normalized spacial score (nSPS) is 14.1. The lowest BCUT2D eigenvalue weighted by molar-refractivity contribution is -0.907. The molecule has 0 saturated carbocycles. The Balaban J connectivity index is 1.79. The van der Waals surface area contributed by atoms with Crippen LogP contribution in [0.5, 0.6) is 0 Å². The molecular formula is C17H18BrN2OS+. The third-order valence-corrected chi connectivity index (χ3v) is 5.69. The van der Waals surface area contributed by atoms with Crippen molar-refractivity contribution < 1.29 is 9.69 Å². The molecule has 2 heterocycles. The maximum atomic E-state index is 12.8. The van der Waals surface area contributed by atoms with Gasteiger partial charge in [-0.2, -0.15) is 0 Å². The number of hydrogen-bond acceptors (Lipinski definition) is 2. The molecule has 5 heteroatoms. The van der Waals surface area contributed by atoms with Crippen LogP contribution in [-0.4, -0.2) is 23.9 Å². The van der Waals surface area contributed by atoms with E-state index < -0.39 is 0 Å². The molecule has 0 bridgehead atoms. The summed E-state index contributed by atoms with van der Waals surface area (Å²) in [6.45, 7) is 2.85. The van der Waals surface area contributed by atoms with Gasteiger partial charge in [-0.3, -0.25) is 4.79 Å². The summed E-state index contributed by atoms with van der Waals surface area (Å²) in [5.74, 6) is 0.186. The van der Waals surface area contributed by atoms with Gasteiger partial charge in [-0.1, -0.05) is 18.2 Å². The van der Waals surface area contributed by atoms with E-state index in [1.807, 2.05) is 37.4 Å². The van der Waals surface area contributed by atoms with Crippen LogP contribution in [0, 0.1) is 0 Å². The molecule has 0 saturated heterocycles. The fraction of sp³-hybridized carbons (Fsp3) is 0.235. The van der Waals surface area contributed by atoms with Crippen molar-refractivity contribution in [2.75, 3.05) is 7.05 Å². The number of Topliss-reactive ketones (excluding diaryl/α,β-unsaturated/α-hetero) is 1. The van der Waals surface area contributed by atoms with E-state index in [0.717, 1.165) is 26.8 Å². The molecule has 3 nitrogen and oxygen atoms in total. The number of H-pyrrole nitrogens is 1. The number of hydrogen-bond donors (Lipinski definition) is 2. The van der Waals surface area contributed by atoms with Crippen LogP contribution >= 0.6 is 27.3 Å². The number of halogens is 1. The number of para-hydroxylation sites is 1. The Labute approximate surface area is 142 Å². The molecule has 3 rings (SSSR count). The van der Waals surface area contributed by atoms with Gasteiger partial charge in [0.25, 0.3) is 0 Å². The quantitative estimate of drug-likeness (QED) is 0.657. The number of aromatic nitrogens is 1. The summed E-state index contributed by atoms with van der Waals surface area (Å²) in [6, 6.07) is 12.0. The highest BCUT2D eigenvalue weighted by molar-refractivity contribution is 9.11. The summed E-state index contributed by atoms with van der Waals surface area (Å²) in [5.41, 5.74) is 1.80. The molecular weight excluding hydrogens is 360 g/mol. The van der Waals surface area contributed by atoms with Crippen molar-refractivity contribution in [3.63, 3.8) is 0 Å². The Morgan fingerprint density at radius 3 is 2.82 bits per heavy atom. The first kappa shape index (κ1) is 15.5. The maximum Gasteiger partial charge on any atom is 0.221 e. The highest BCUT2D eigenvalue weighted by Crippen LogP contribution is 2.21. The number of fused-ring (bicyclic) bond motifs is 1. The third kappa shape index (κ3) is 3.02. The van der Waals surface area contributed by atoms with E-state index in [9.17, 15) is 4.79 Å². The average Bonchev–Trinajstić information content (AvgIpc) is 3.12. The zero-order valence-electron chi connectivity index (χ0n) is 12.5. The standard InChI is InChI=1S/C17H17BrN2OS/c1-11(20(2)10-12-7-8-16(18)22-12)17(21)14-9-19-15-6-4-3-5-13(14)15/h3-9,11,19H,10H2,1-2H3/p+1/t11-/m1/s1. The minimum atomic E-state index is -0.0833. The van der Waals surface area contributed by atoms with Crippen molar-refractivity contribution >= 4 is 44.0 Å². The number of quaternary nitrogens is 1. The minimum absolute atomic E-state index is 0.0833. The Morgan fingerprint density at radius 1 is 1.32 bits per heavy atom. The molecule has 1 unspecified atom stereocenters. The lowest BCUT2D eigenvalue weighted by Gasteiger charge is -2.19. The van der Waals surface area contributed by atoms with E-state index in [4.69, 9.17) is 0 Å². The summed E-state index contributed by atoms with van der Waals surface area (Å²) >= 11 is 5.21. The van der Waals surface area contributed by atoms with E-state index in [-0.39, 0.29) is 11.8 Å². The Kier molecular flexibility index (Phi) is 4.47. The predicted molar refractivity (Wildman–Crippen MR) is 94.7 cm³/mol. The summed E-state index contributed by atoms with van der Waals surface area (Å²) in [6.07, 6.45) is 1.83. The second-order valence-corrected chi connectivity index (χ2v) is 8.11. The molecule has 3 aromatic rings. The number of benzene rings is 1. The van der Waals surface area contributed by atoms with E-state index in [1.54, 1.807) is 11.3 Å². The number of likely N-dealkylation sites (N-methyl/N-ethyl adjacent to an activating group) is 1. The van der Waals surface area contributed by atoms with Gasteiger partial charge in [-0.05, 0) is 41.1 Å². The first-order valence-electron chi connectivity index (χ1n) is 7.23. The molecule has 0 spiro atoms.